The first-order valence-corrected chi connectivity index (χ1v) is 11.4. The molecule has 0 saturated carbocycles. The summed E-state index contributed by atoms with van der Waals surface area (Å²) in [4.78, 5) is 19.0. The van der Waals surface area contributed by atoms with Crippen molar-refractivity contribution < 1.29 is 13.9 Å². The fourth-order valence-corrected chi connectivity index (χ4v) is 4.26. The molecular formula is C26H33IN4O3. The van der Waals surface area contributed by atoms with E-state index in [2.05, 4.69) is 28.6 Å². The van der Waals surface area contributed by atoms with Crippen LogP contribution in [0.1, 0.15) is 41.1 Å². The normalized spacial score (nSPS) is 18.5. The minimum Gasteiger partial charge on any atom is -0.459 e. The molecule has 1 aliphatic heterocycles. The highest BCUT2D eigenvalue weighted by Gasteiger charge is 2.26. The SMILES string of the molecule is CN=C(NCc1ccc(C(=O)N2CC(C)OC(C)C2)cc1)NCc1oc2ccccc2c1C.I. The molecule has 8 heteroatoms. The zero-order valence-corrected chi connectivity index (χ0v) is 22.5. The smallest absolute Gasteiger partial charge is 0.254 e. The summed E-state index contributed by atoms with van der Waals surface area (Å²) in [6.45, 7) is 8.46. The summed E-state index contributed by atoms with van der Waals surface area (Å²) >= 11 is 0. The van der Waals surface area contributed by atoms with E-state index in [1.807, 2.05) is 61.2 Å². The lowest BCUT2D eigenvalue weighted by Gasteiger charge is -2.35. The van der Waals surface area contributed by atoms with Gasteiger partial charge in [-0.05, 0) is 44.5 Å². The Balaban J connectivity index is 0.00000324. The number of hydrogen-bond donors (Lipinski definition) is 2. The highest BCUT2D eigenvalue weighted by molar-refractivity contribution is 14.0. The van der Waals surface area contributed by atoms with Crippen molar-refractivity contribution in [1.82, 2.24) is 15.5 Å². The van der Waals surface area contributed by atoms with Gasteiger partial charge in [0.05, 0.1) is 18.8 Å². The predicted octanol–water partition coefficient (Wildman–Crippen LogP) is 4.47. The van der Waals surface area contributed by atoms with Gasteiger partial charge in [0.1, 0.15) is 11.3 Å². The molecule has 182 valence electrons. The van der Waals surface area contributed by atoms with Crippen molar-refractivity contribution in [2.75, 3.05) is 20.1 Å². The quantitative estimate of drug-likeness (QED) is 0.266. The zero-order valence-electron chi connectivity index (χ0n) is 20.1. The Labute approximate surface area is 218 Å². The Morgan fingerprint density at radius 3 is 2.32 bits per heavy atom. The number of para-hydroxylation sites is 1. The number of ether oxygens (including phenoxy) is 1. The van der Waals surface area contributed by atoms with Gasteiger partial charge >= 0.3 is 0 Å². The summed E-state index contributed by atoms with van der Waals surface area (Å²) in [5, 5.41) is 7.76. The highest BCUT2D eigenvalue weighted by atomic mass is 127. The molecule has 2 heterocycles. The van der Waals surface area contributed by atoms with Crippen molar-refractivity contribution in [1.29, 1.82) is 0 Å². The van der Waals surface area contributed by atoms with Gasteiger partial charge in [0.25, 0.3) is 5.91 Å². The second-order valence-corrected chi connectivity index (χ2v) is 8.59. The maximum Gasteiger partial charge on any atom is 0.254 e. The number of fused-ring (bicyclic) bond motifs is 1. The van der Waals surface area contributed by atoms with Crippen molar-refractivity contribution in [3.8, 4) is 0 Å². The molecule has 0 aliphatic carbocycles. The lowest BCUT2D eigenvalue weighted by molar-refractivity contribution is -0.0586. The fourth-order valence-electron chi connectivity index (χ4n) is 4.26. The fraction of sp³-hybridized carbons (Fsp3) is 0.385. The molecule has 1 aliphatic rings. The lowest BCUT2D eigenvalue weighted by atomic mass is 10.1. The molecule has 0 spiro atoms. The second kappa shape index (κ2) is 11.7. The van der Waals surface area contributed by atoms with E-state index in [9.17, 15) is 4.79 Å². The number of hydrogen-bond acceptors (Lipinski definition) is 4. The van der Waals surface area contributed by atoms with Crippen LogP contribution in [-0.4, -0.2) is 49.1 Å². The third kappa shape index (κ3) is 6.09. The van der Waals surface area contributed by atoms with Crippen LogP contribution in [-0.2, 0) is 17.8 Å². The molecule has 2 aromatic carbocycles. The van der Waals surface area contributed by atoms with E-state index in [1.165, 1.54) is 0 Å². The summed E-state index contributed by atoms with van der Waals surface area (Å²) in [5.41, 5.74) is 3.80. The number of nitrogens with one attached hydrogen (secondary N) is 2. The van der Waals surface area contributed by atoms with Crippen LogP contribution in [0.4, 0.5) is 0 Å². The molecule has 2 atom stereocenters. The van der Waals surface area contributed by atoms with E-state index in [4.69, 9.17) is 9.15 Å². The largest absolute Gasteiger partial charge is 0.459 e. The van der Waals surface area contributed by atoms with Crippen LogP contribution in [0.2, 0.25) is 0 Å². The first-order valence-electron chi connectivity index (χ1n) is 11.4. The monoisotopic (exact) mass is 576 g/mol. The summed E-state index contributed by atoms with van der Waals surface area (Å²) in [5.74, 6) is 1.63. The molecule has 1 amide bonds. The van der Waals surface area contributed by atoms with Crippen LogP contribution < -0.4 is 10.6 Å². The van der Waals surface area contributed by atoms with Gasteiger partial charge in [-0.25, -0.2) is 0 Å². The average Bonchev–Trinajstić information content (AvgIpc) is 3.14. The third-order valence-corrected chi connectivity index (χ3v) is 5.95. The number of benzene rings is 2. The van der Waals surface area contributed by atoms with E-state index in [1.54, 1.807) is 7.05 Å². The van der Waals surface area contributed by atoms with Crippen molar-refractivity contribution in [3.05, 3.63) is 71.0 Å². The molecule has 2 unspecified atom stereocenters. The number of carbonyl (C=O) groups excluding carboxylic acids is 1. The van der Waals surface area contributed by atoms with Crippen LogP contribution >= 0.6 is 24.0 Å². The van der Waals surface area contributed by atoms with Crippen LogP contribution in [0.3, 0.4) is 0 Å². The van der Waals surface area contributed by atoms with Gasteiger partial charge in [-0.15, -0.1) is 24.0 Å². The average molecular weight is 576 g/mol. The van der Waals surface area contributed by atoms with Gasteiger partial charge in [0.2, 0.25) is 0 Å². The van der Waals surface area contributed by atoms with Gasteiger partial charge in [-0.2, -0.15) is 0 Å². The second-order valence-electron chi connectivity index (χ2n) is 8.59. The number of carbonyl (C=O) groups is 1. The molecule has 1 fully saturated rings. The Kier molecular flexibility index (Phi) is 8.96. The Bertz CT molecular complexity index is 1130. The zero-order chi connectivity index (χ0) is 23.4. The molecule has 34 heavy (non-hydrogen) atoms. The number of guanidine groups is 1. The number of aliphatic imine (C=N–C) groups is 1. The minimum atomic E-state index is 0. The number of rotatable bonds is 5. The Morgan fingerprint density at radius 2 is 1.68 bits per heavy atom. The van der Waals surface area contributed by atoms with E-state index in [-0.39, 0.29) is 42.1 Å². The van der Waals surface area contributed by atoms with Gasteiger partial charge in [0.15, 0.2) is 5.96 Å². The maximum atomic E-state index is 12.8. The number of morpholine rings is 1. The van der Waals surface area contributed by atoms with Crippen LogP contribution in [0, 0.1) is 6.92 Å². The van der Waals surface area contributed by atoms with Gasteiger partial charge in [-0.3, -0.25) is 9.79 Å². The van der Waals surface area contributed by atoms with E-state index >= 15 is 0 Å². The molecular weight excluding hydrogens is 543 g/mol. The molecule has 4 rings (SSSR count). The van der Waals surface area contributed by atoms with Crippen LogP contribution in [0.25, 0.3) is 11.0 Å². The Morgan fingerprint density at radius 1 is 1.03 bits per heavy atom. The molecule has 7 nitrogen and oxygen atoms in total. The minimum absolute atomic E-state index is 0. The maximum absolute atomic E-state index is 12.8. The van der Waals surface area contributed by atoms with E-state index in [0.717, 1.165) is 27.9 Å². The van der Waals surface area contributed by atoms with Crippen molar-refractivity contribution in [2.24, 2.45) is 4.99 Å². The van der Waals surface area contributed by atoms with Gasteiger partial charge in [-0.1, -0.05) is 30.3 Å². The molecule has 2 N–H and O–H groups in total. The highest BCUT2D eigenvalue weighted by Crippen LogP contribution is 2.24. The first-order chi connectivity index (χ1) is 15.9. The standard InChI is InChI=1S/C26H32N4O3.HI/c1-17-15-30(16-18(2)32-17)25(31)21-11-9-20(10-12-21)13-28-26(27-4)29-14-24-19(3)22-7-5-6-8-23(22)33-24;/h5-12,17-18H,13-16H2,1-4H3,(H2,27,28,29);1H. The third-order valence-electron chi connectivity index (χ3n) is 5.95. The lowest BCUT2D eigenvalue weighted by Crippen LogP contribution is -2.48. The van der Waals surface area contributed by atoms with Crippen molar-refractivity contribution in [3.63, 3.8) is 0 Å². The van der Waals surface area contributed by atoms with Crippen molar-refractivity contribution in [2.45, 2.75) is 46.1 Å². The number of furan rings is 1. The van der Waals surface area contributed by atoms with E-state index in [0.29, 0.717) is 37.7 Å². The Hall–Kier alpha value is -2.59. The predicted molar refractivity (Wildman–Crippen MR) is 146 cm³/mol. The topological polar surface area (TPSA) is 79.1 Å². The van der Waals surface area contributed by atoms with E-state index < -0.39 is 0 Å². The number of nitrogens with zero attached hydrogens (tertiary/aromatic N) is 2. The van der Waals surface area contributed by atoms with Crippen molar-refractivity contribution >= 4 is 46.8 Å². The number of amides is 1. The van der Waals surface area contributed by atoms with Gasteiger partial charge in [0, 0.05) is 43.2 Å². The molecule has 0 radical (unpaired) electrons. The molecule has 3 aromatic rings. The summed E-state index contributed by atoms with van der Waals surface area (Å²) < 4.78 is 11.7. The molecule has 0 bridgehead atoms. The summed E-state index contributed by atoms with van der Waals surface area (Å²) in [6, 6.07) is 15.8. The summed E-state index contributed by atoms with van der Waals surface area (Å²) in [6.07, 6.45) is 0.118. The first kappa shape index (κ1) is 26.0. The van der Waals surface area contributed by atoms with Gasteiger partial charge < -0.3 is 24.7 Å². The molecule has 1 aromatic heterocycles. The number of halogens is 1. The van der Waals surface area contributed by atoms with Crippen LogP contribution in [0.5, 0.6) is 0 Å². The summed E-state index contributed by atoms with van der Waals surface area (Å²) in [7, 11) is 1.74. The van der Waals surface area contributed by atoms with Crippen LogP contribution in [0.15, 0.2) is 57.9 Å². The number of aryl methyl sites for hydroxylation is 1. The molecule has 1 saturated heterocycles.